The first kappa shape index (κ1) is 18.9. The molecule has 1 fully saturated rings. The van der Waals surface area contributed by atoms with E-state index in [4.69, 9.17) is 9.47 Å². The molecule has 0 saturated heterocycles. The molecule has 1 aliphatic rings. The lowest BCUT2D eigenvalue weighted by atomic mass is 10.2. The van der Waals surface area contributed by atoms with Crippen LogP contribution in [0.5, 0.6) is 11.6 Å². The van der Waals surface area contributed by atoms with Gasteiger partial charge in [0.05, 0.1) is 26.1 Å². The van der Waals surface area contributed by atoms with Gasteiger partial charge in [-0.1, -0.05) is 5.21 Å². The molecule has 0 radical (unpaired) electrons. The normalized spacial score (nSPS) is 17.8. The van der Waals surface area contributed by atoms with E-state index in [0.717, 1.165) is 17.9 Å². The van der Waals surface area contributed by atoms with Gasteiger partial charge in [-0.2, -0.15) is 0 Å². The second-order valence-corrected chi connectivity index (χ2v) is 7.14. The van der Waals surface area contributed by atoms with Gasteiger partial charge in [0.1, 0.15) is 11.4 Å². The number of methoxy groups -OCH3 is 1. The van der Waals surface area contributed by atoms with Crippen LogP contribution in [0.1, 0.15) is 18.0 Å². The second kappa shape index (κ2) is 7.53. The van der Waals surface area contributed by atoms with Gasteiger partial charge in [-0.3, -0.25) is 14.5 Å². The van der Waals surface area contributed by atoms with Crippen molar-refractivity contribution in [2.45, 2.75) is 12.3 Å². The molecule has 10 nitrogen and oxygen atoms in total. The lowest BCUT2D eigenvalue weighted by Gasteiger charge is -2.16. The van der Waals surface area contributed by atoms with Crippen molar-refractivity contribution < 1.29 is 9.47 Å². The standard InChI is InChI=1S/C19H23N7O3/c1-24-10-17(21-23-24)25(2)16-8-18(22-26(3)19(16)27)29-11-12-7-14(12)15-6-5-13(28-4)9-20-15/h5-6,8-10,12,14H,7,11H2,1-4H3/t12-,14+/m1/s1. The van der Waals surface area contributed by atoms with Gasteiger partial charge in [-0.05, 0) is 18.6 Å². The van der Waals surface area contributed by atoms with Crippen LogP contribution >= 0.6 is 0 Å². The highest BCUT2D eigenvalue weighted by molar-refractivity contribution is 5.57. The van der Waals surface area contributed by atoms with Crippen LogP contribution in [-0.4, -0.2) is 50.5 Å². The zero-order chi connectivity index (χ0) is 20.5. The monoisotopic (exact) mass is 397 g/mol. The van der Waals surface area contributed by atoms with Gasteiger partial charge in [0.25, 0.3) is 5.56 Å². The van der Waals surface area contributed by atoms with Crippen LogP contribution in [0.15, 0.2) is 35.4 Å². The highest BCUT2D eigenvalue weighted by atomic mass is 16.5. The molecular weight excluding hydrogens is 374 g/mol. The van der Waals surface area contributed by atoms with Crippen molar-refractivity contribution in [1.29, 1.82) is 0 Å². The molecule has 0 aromatic carbocycles. The van der Waals surface area contributed by atoms with E-state index in [1.807, 2.05) is 12.1 Å². The lowest BCUT2D eigenvalue weighted by molar-refractivity contribution is 0.278. The van der Waals surface area contributed by atoms with Crippen LogP contribution in [0.25, 0.3) is 0 Å². The third-order valence-electron chi connectivity index (χ3n) is 5.06. The highest BCUT2D eigenvalue weighted by Crippen LogP contribution is 2.46. The number of aryl methyl sites for hydroxylation is 2. The van der Waals surface area contributed by atoms with Crippen LogP contribution in [0, 0.1) is 5.92 Å². The molecule has 4 rings (SSSR count). The summed E-state index contributed by atoms with van der Waals surface area (Å²) < 4.78 is 13.9. The molecule has 152 valence electrons. The van der Waals surface area contributed by atoms with Gasteiger partial charge in [0.15, 0.2) is 5.82 Å². The Kier molecular flexibility index (Phi) is 4.91. The maximum atomic E-state index is 12.5. The predicted molar refractivity (Wildman–Crippen MR) is 106 cm³/mol. The molecule has 3 heterocycles. The average Bonchev–Trinajstić information content (AvgIpc) is 3.38. The molecular formula is C19H23N7O3. The molecule has 1 aliphatic carbocycles. The molecule has 29 heavy (non-hydrogen) atoms. The second-order valence-electron chi connectivity index (χ2n) is 7.14. The molecule has 0 unspecified atom stereocenters. The van der Waals surface area contributed by atoms with E-state index in [2.05, 4.69) is 20.4 Å². The smallest absolute Gasteiger partial charge is 0.290 e. The first-order valence-corrected chi connectivity index (χ1v) is 9.27. The van der Waals surface area contributed by atoms with Crippen molar-refractivity contribution in [2.24, 2.45) is 20.0 Å². The minimum atomic E-state index is -0.239. The minimum Gasteiger partial charge on any atom is -0.495 e. The van der Waals surface area contributed by atoms with E-state index in [1.54, 1.807) is 56.3 Å². The Balaban J connectivity index is 1.44. The maximum Gasteiger partial charge on any atom is 0.290 e. The fraction of sp³-hybridized carbons (Fsp3) is 0.421. The first-order chi connectivity index (χ1) is 14.0. The molecule has 10 heteroatoms. The Hall–Kier alpha value is -3.43. The Morgan fingerprint density at radius 2 is 2.14 bits per heavy atom. The van der Waals surface area contributed by atoms with Gasteiger partial charge in [0, 0.05) is 44.7 Å². The zero-order valence-electron chi connectivity index (χ0n) is 16.8. The molecule has 0 N–H and O–H groups in total. The Morgan fingerprint density at radius 1 is 1.31 bits per heavy atom. The fourth-order valence-electron chi connectivity index (χ4n) is 3.21. The quantitative estimate of drug-likeness (QED) is 0.587. The number of anilines is 2. The number of rotatable bonds is 7. The van der Waals surface area contributed by atoms with Crippen molar-refractivity contribution in [3.05, 3.63) is 46.6 Å². The van der Waals surface area contributed by atoms with Crippen LogP contribution in [0.2, 0.25) is 0 Å². The summed E-state index contributed by atoms with van der Waals surface area (Å²) in [5.74, 6) is 2.45. The summed E-state index contributed by atoms with van der Waals surface area (Å²) in [5.41, 5.74) is 1.22. The Bertz CT molecular complexity index is 1060. The van der Waals surface area contributed by atoms with E-state index in [1.165, 1.54) is 4.68 Å². The molecule has 3 aromatic heterocycles. The maximum absolute atomic E-state index is 12.5. The third kappa shape index (κ3) is 3.91. The first-order valence-electron chi connectivity index (χ1n) is 9.27. The molecule has 1 saturated carbocycles. The third-order valence-corrected chi connectivity index (χ3v) is 5.06. The van der Waals surface area contributed by atoms with E-state index < -0.39 is 0 Å². The summed E-state index contributed by atoms with van der Waals surface area (Å²) in [6.07, 6.45) is 4.48. The number of hydrogen-bond acceptors (Lipinski definition) is 8. The molecule has 0 aliphatic heterocycles. The minimum absolute atomic E-state index is 0.239. The molecule has 2 atom stereocenters. The van der Waals surface area contributed by atoms with Crippen LogP contribution in [0.3, 0.4) is 0 Å². The number of pyridine rings is 1. The summed E-state index contributed by atoms with van der Waals surface area (Å²) >= 11 is 0. The predicted octanol–water partition coefficient (Wildman–Crippen LogP) is 1.26. The summed E-state index contributed by atoms with van der Waals surface area (Å²) in [5, 5.41) is 12.2. The van der Waals surface area contributed by atoms with Gasteiger partial charge < -0.3 is 14.4 Å². The van der Waals surface area contributed by atoms with Gasteiger partial charge >= 0.3 is 0 Å². The Labute approximate surface area is 167 Å². The molecule has 0 amide bonds. The van der Waals surface area contributed by atoms with E-state index in [-0.39, 0.29) is 5.56 Å². The van der Waals surface area contributed by atoms with E-state index in [0.29, 0.717) is 35.8 Å². The number of nitrogens with zero attached hydrogens (tertiary/aromatic N) is 7. The van der Waals surface area contributed by atoms with E-state index in [9.17, 15) is 4.79 Å². The summed E-state index contributed by atoms with van der Waals surface area (Å²) in [6.45, 7) is 0.512. The summed E-state index contributed by atoms with van der Waals surface area (Å²) in [4.78, 5) is 18.6. The van der Waals surface area contributed by atoms with Gasteiger partial charge in [-0.25, -0.2) is 4.68 Å². The van der Waals surface area contributed by atoms with Crippen LogP contribution in [-0.2, 0) is 14.1 Å². The molecule has 3 aromatic rings. The van der Waals surface area contributed by atoms with Crippen molar-refractivity contribution in [3.63, 3.8) is 0 Å². The number of aromatic nitrogens is 6. The largest absolute Gasteiger partial charge is 0.495 e. The van der Waals surface area contributed by atoms with Gasteiger partial charge in [-0.15, -0.1) is 10.2 Å². The van der Waals surface area contributed by atoms with Crippen molar-refractivity contribution in [1.82, 2.24) is 29.8 Å². The molecule has 0 spiro atoms. The number of ether oxygens (including phenoxy) is 2. The van der Waals surface area contributed by atoms with Crippen molar-refractivity contribution in [3.8, 4) is 11.6 Å². The highest BCUT2D eigenvalue weighted by Gasteiger charge is 2.40. The van der Waals surface area contributed by atoms with Gasteiger partial charge in [0.2, 0.25) is 5.88 Å². The summed E-state index contributed by atoms with van der Waals surface area (Å²) in [7, 11) is 6.76. The summed E-state index contributed by atoms with van der Waals surface area (Å²) in [6, 6.07) is 5.55. The topological polar surface area (TPSA) is 100 Å². The Morgan fingerprint density at radius 3 is 2.79 bits per heavy atom. The van der Waals surface area contributed by atoms with Crippen molar-refractivity contribution >= 4 is 11.5 Å². The zero-order valence-corrected chi connectivity index (χ0v) is 16.8. The van der Waals surface area contributed by atoms with E-state index >= 15 is 0 Å². The number of hydrogen-bond donors (Lipinski definition) is 0. The van der Waals surface area contributed by atoms with Crippen LogP contribution in [0.4, 0.5) is 11.5 Å². The SMILES string of the molecule is COc1ccc([C@H]2C[C@@H]2COc2cc(N(C)c3cn(C)nn3)c(=O)n(C)n2)nc1. The van der Waals surface area contributed by atoms with Crippen molar-refractivity contribution in [2.75, 3.05) is 25.7 Å². The lowest BCUT2D eigenvalue weighted by Crippen LogP contribution is -2.27. The fourth-order valence-corrected chi connectivity index (χ4v) is 3.21. The van der Waals surface area contributed by atoms with Crippen LogP contribution < -0.4 is 19.9 Å². The molecule has 0 bridgehead atoms. The average molecular weight is 397 g/mol.